The average molecular weight is 352 g/mol. The molecule has 2 rings (SSSR count). The standard InChI is InChI=1S/C14H14BrN3O3/c1-7(2)13-17-11(6-12(19)18-13)16-8-3-4-10(15)9(5-8)14(20)21/h3-7H,1-2H3,(H,20,21)(H2,16,17,18,19). The predicted molar refractivity (Wildman–Crippen MR) is 83.3 cm³/mol. The Bertz CT molecular complexity index is 740. The average Bonchev–Trinajstić information content (AvgIpc) is 2.40. The quantitative estimate of drug-likeness (QED) is 0.786. The fraction of sp³-hybridized carbons (Fsp3) is 0.214. The minimum Gasteiger partial charge on any atom is -0.478 e. The van der Waals surface area contributed by atoms with Gasteiger partial charge in [0.15, 0.2) is 0 Å². The molecule has 0 fully saturated rings. The van der Waals surface area contributed by atoms with E-state index in [1.54, 1.807) is 12.1 Å². The van der Waals surface area contributed by atoms with E-state index in [0.29, 0.717) is 21.8 Å². The number of halogens is 1. The highest BCUT2D eigenvalue weighted by Gasteiger charge is 2.10. The van der Waals surface area contributed by atoms with Gasteiger partial charge in [-0.25, -0.2) is 9.78 Å². The second kappa shape index (κ2) is 6.09. The van der Waals surface area contributed by atoms with Gasteiger partial charge in [0, 0.05) is 22.1 Å². The molecule has 7 heteroatoms. The van der Waals surface area contributed by atoms with E-state index in [-0.39, 0.29) is 17.0 Å². The van der Waals surface area contributed by atoms with Crippen LogP contribution in [0.1, 0.15) is 35.9 Å². The van der Waals surface area contributed by atoms with Gasteiger partial charge in [-0.2, -0.15) is 0 Å². The lowest BCUT2D eigenvalue weighted by Gasteiger charge is -2.10. The highest BCUT2D eigenvalue weighted by atomic mass is 79.9. The molecule has 0 spiro atoms. The van der Waals surface area contributed by atoms with Gasteiger partial charge in [0.25, 0.3) is 5.56 Å². The van der Waals surface area contributed by atoms with Crippen LogP contribution in [0.25, 0.3) is 0 Å². The number of benzene rings is 1. The van der Waals surface area contributed by atoms with Gasteiger partial charge in [0.05, 0.1) is 5.56 Å². The summed E-state index contributed by atoms with van der Waals surface area (Å²) >= 11 is 3.18. The number of carbonyl (C=O) groups is 1. The number of nitrogens with zero attached hydrogens (tertiary/aromatic N) is 1. The third-order valence-corrected chi connectivity index (χ3v) is 3.47. The van der Waals surface area contributed by atoms with Gasteiger partial charge in [-0.15, -0.1) is 0 Å². The topological polar surface area (TPSA) is 95.1 Å². The molecule has 0 atom stereocenters. The zero-order chi connectivity index (χ0) is 15.6. The Balaban J connectivity index is 2.36. The molecular weight excluding hydrogens is 338 g/mol. The van der Waals surface area contributed by atoms with Crippen molar-refractivity contribution in [1.82, 2.24) is 9.97 Å². The minimum atomic E-state index is -1.03. The van der Waals surface area contributed by atoms with E-state index in [4.69, 9.17) is 5.11 Å². The summed E-state index contributed by atoms with van der Waals surface area (Å²) in [5, 5.41) is 12.0. The van der Waals surface area contributed by atoms with Crippen LogP contribution in [0, 0.1) is 0 Å². The Morgan fingerprint density at radius 1 is 1.38 bits per heavy atom. The molecule has 6 nitrogen and oxygen atoms in total. The molecule has 0 aliphatic heterocycles. The van der Waals surface area contributed by atoms with Crippen molar-refractivity contribution in [3.63, 3.8) is 0 Å². The van der Waals surface area contributed by atoms with E-state index in [0.717, 1.165) is 0 Å². The van der Waals surface area contributed by atoms with Gasteiger partial charge in [-0.1, -0.05) is 13.8 Å². The van der Waals surface area contributed by atoms with Crippen LogP contribution in [-0.4, -0.2) is 21.0 Å². The first-order valence-electron chi connectivity index (χ1n) is 6.28. The first-order chi connectivity index (χ1) is 9.86. The Hall–Kier alpha value is -2.15. The highest BCUT2D eigenvalue weighted by Crippen LogP contribution is 2.23. The van der Waals surface area contributed by atoms with Crippen molar-refractivity contribution in [2.24, 2.45) is 0 Å². The number of rotatable bonds is 4. The van der Waals surface area contributed by atoms with Gasteiger partial charge in [0.2, 0.25) is 0 Å². The van der Waals surface area contributed by atoms with E-state index in [1.807, 2.05) is 13.8 Å². The van der Waals surface area contributed by atoms with Crippen LogP contribution in [0.4, 0.5) is 11.5 Å². The first kappa shape index (κ1) is 15.2. The zero-order valence-corrected chi connectivity index (χ0v) is 13.1. The molecule has 21 heavy (non-hydrogen) atoms. The lowest BCUT2D eigenvalue weighted by atomic mass is 10.2. The zero-order valence-electron chi connectivity index (χ0n) is 11.5. The van der Waals surface area contributed by atoms with Crippen LogP contribution in [-0.2, 0) is 0 Å². The molecule has 0 radical (unpaired) electrons. The maximum atomic E-state index is 11.6. The summed E-state index contributed by atoms with van der Waals surface area (Å²) in [6.45, 7) is 3.84. The first-order valence-corrected chi connectivity index (χ1v) is 7.07. The second-order valence-electron chi connectivity index (χ2n) is 4.80. The summed E-state index contributed by atoms with van der Waals surface area (Å²) in [4.78, 5) is 29.7. The normalized spacial score (nSPS) is 10.7. The predicted octanol–water partition coefficient (Wildman–Crippen LogP) is 3.10. The van der Waals surface area contributed by atoms with Gasteiger partial charge < -0.3 is 15.4 Å². The van der Waals surface area contributed by atoms with Gasteiger partial charge in [0.1, 0.15) is 11.6 Å². The smallest absolute Gasteiger partial charge is 0.336 e. The number of carboxylic acids is 1. The molecule has 0 aliphatic carbocycles. The Morgan fingerprint density at radius 3 is 2.71 bits per heavy atom. The van der Waals surface area contributed by atoms with Crippen LogP contribution in [0.15, 0.2) is 33.5 Å². The van der Waals surface area contributed by atoms with E-state index < -0.39 is 5.97 Å². The molecule has 0 saturated heterocycles. The molecule has 0 amide bonds. The molecular formula is C14H14BrN3O3. The number of H-pyrrole nitrogens is 1. The van der Waals surface area contributed by atoms with E-state index in [2.05, 4.69) is 31.2 Å². The molecule has 1 aromatic heterocycles. The number of hydrogen-bond acceptors (Lipinski definition) is 4. The summed E-state index contributed by atoms with van der Waals surface area (Å²) in [6.07, 6.45) is 0. The molecule has 1 aromatic carbocycles. The summed E-state index contributed by atoms with van der Waals surface area (Å²) in [5.41, 5.74) is 0.420. The molecule has 0 bridgehead atoms. The van der Waals surface area contributed by atoms with Gasteiger partial charge >= 0.3 is 5.97 Å². The summed E-state index contributed by atoms with van der Waals surface area (Å²) in [5.74, 6) is -0.00658. The number of carboxylic acid groups (broad SMARTS) is 1. The van der Waals surface area contributed by atoms with Crippen LogP contribution >= 0.6 is 15.9 Å². The molecule has 3 N–H and O–H groups in total. The summed E-state index contributed by atoms with van der Waals surface area (Å²) in [7, 11) is 0. The lowest BCUT2D eigenvalue weighted by molar-refractivity contribution is 0.0696. The van der Waals surface area contributed by atoms with Crippen LogP contribution in [0.3, 0.4) is 0 Å². The Labute approximate surface area is 129 Å². The largest absolute Gasteiger partial charge is 0.478 e. The van der Waals surface area contributed by atoms with Gasteiger partial charge in [-0.3, -0.25) is 4.79 Å². The fourth-order valence-corrected chi connectivity index (χ4v) is 2.14. The van der Waals surface area contributed by atoms with Crippen molar-refractivity contribution in [3.05, 3.63) is 50.5 Å². The van der Waals surface area contributed by atoms with Crippen molar-refractivity contribution >= 4 is 33.4 Å². The van der Waals surface area contributed by atoms with E-state index in [1.165, 1.54) is 12.1 Å². The Morgan fingerprint density at radius 2 is 2.10 bits per heavy atom. The maximum absolute atomic E-state index is 11.6. The van der Waals surface area contributed by atoms with Crippen molar-refractivity contribution in [2.45, 2.75) is 19.8 Å². The molecule has 2 aromatic rings. The molecule has 110 valence electrons. The Kier molecular flexibility index (Phi) is 4.42. The molecule has 1 heterocycles. The third kappa shape index (κ3) is 3.69. The number of nitrogens with one attached hydrogen (secondary N) is 2. The van der Waals surface area contributed by atoms with E-state index >= 15 is 0 Å². The van der Waals surface area contributed by atoms with Crippen LogP contribution < -0.4 is 10.9 Å². The number of aromatic carboxylic acids is 1. The van der Waals surface area contributed by atoms with Crippen molar-refractivity contribution < 1.29 is 9.90 Å². The highest BCUT2D eigenvalue weighted by molar-refractivity contribution is 9.10. The number of aromatic amines is 1. The van der Waals surface area contributed by atoms with Crippen molar-refractivity contribution in [3.8, 4) is 0 Å². The van der Waals surface area contributed by atoms with Crippen LogP contribution in [0.5, 0.6) is 0 Å². The maximum Gasteiger partial charge on any atom is 0.336 e. The van der Waals surface area contributed by atoms with Crippen LogP contribution in [0.2, 0.25) is 0 Å². The monoisotopic (exact) mass is 351 g/mol. The fourth-order valence-electron chi connectivity index (χ4n) is 1.73. The van der Waals surface area contributed by atoms with Crippen molar-refractivity contribution in [1.29, 1.82) is 0 Å². The lowest BCUT2D eigenvalue weighted by Crippen LogP contribution is -2.13. The number of anilines is 2. The summed E-state index contributed by atoms with van der Waals surface area (Å²) in [6, 6.07) is 6.13. The molecule has 0 unspecified atom stereocenters. The number of aromatic nitrogens is 2. The molecule has 0 saturated carbocycles. The molecule has 0 aliphatic rings. The minimum absolute atomic E-state index is 0.0824. The number of hydrogen-bond donors (Lipinski definition) is 3. The third-order valence-electron chi connectivity index (χ3n) is 2.78. The van der Waals surface area contributed by atoms with E-state index in [9.17, 15) is 9.59 Å². The summed E-state index contributed by atoms with van der Waals surface area (Å²) < 4.78 is 0.488. The van der Waals surface area contributed by atoms with Crippen molar-refractivity contribution in [2.75, 3.05) is 5.32 Å². The second-order valence-corrected chi connectivity index (χ2v) is 5.65. The SMILES string of the molecule is CC(C)c1nc(Nc2ccc(Br)c(C(=O)O)c2)cc(=O)[nH]1. The van der Waals surface area contributed by atoms with Gasteiger partial charge in [-0.05, 0) is 34.1 Å².